The van der Waals surface area contributed by atoms with Gasteiger partial charge in [-0.15, -0.1) is 0 Å². The molecule has 0 heterocycles. The van der Waals surface area contributed by atoms with Crippen LogP contribution in [-0.4, -0.2) is 17.0 Å². The molecular formula is C11H12O4. The van der Waals surface area contributed by atoms with E-state index in [-0.39, 0.29) is 11.3 Å². The predicted molar refractivity (Wildman–Crippen MR) is 54.2 cm³/mol. The lowest BCUT2D eigenvalue weighted by Crippen LogP contribution is -2.08. The van der Waals surface area contributed by atoms with Crippen LogP contribution in [0.1, 0.15) is 28.4 Å². The van der Waals surface area contributed by atoms with Crippen LogP contribution in [0.3, 0.4) is 0 Å². The molecule has 0 amide bonds. The molecule has 0 aromatic heterocycles. The van der Waals surface area contributed by atoms with E-state index in [9.17, 15) is 9.59 Å². The number of carbonyl (C=O) groups excluding carboxylic acids is 1. The van der Waals surface area contributed by atoms with E-state index >= 15 is 0 Å². The normalized spacial score (nSPS) is 9.80. The average Bonchev–Trinajstić information content (AvgIpc) is 2.09. The molecular weight excluding hydrogens is 196 g/mol. The topological polar surface area (TPSA) is 63.6 Å². The zero-order chi connectivity index (χ0) is 11.6. The maximum atomic E-state index is 10.9. The maximum absolute atomic E-state index is 10.9. The average molecular weight is 208 g/mol. The Hall–Kier alpha value is -1.84. The summed E-state index contributed by atoms with van der Waals surface area (Å²) in [5, 5.41) is 8.90. The molecule has 0 radical (unpaired) electrons. The summed E-state index contributed by atoms with van der Waals surface area (Å²) in [6.07, 6.45) is 0. The first kappa shape index (κ1) is 11.2. The lowest BCUT2D eigenvalue weighted by Gasteiger charge is -2.08. The van der Waals surface area contributed by atoms with Crippen LogP contribution in [0.4, 0.5) is 0 Å². The molecule has 0 aliphatic carbocycles. The lowest BCUT2D eigenvalue weighted by atomic mass is 10.1. The molecule has 0 saturated carbocycles. The number of rotatable bonds is 2. The fourth-order valence-corrected chi connectivity index (χ4v) is 1.20. The van der Waals surface area contributed by atoms with Gasteiger partial charge in [-0.25, -0.2) is 4.79 Å². The van der Waals surface area contributed by atoms with Crippen molar-refractivity contribution in [2.45, 2.75) is 20.8 Å². The van der Waals surface area contributed by atoms with Gasteiger partial charge in [0, 0.05) is 6.92 Å². The number of hydrogen-bond donors (Lipinski definition) is 1. The van der Waals surface area contributed by atoms with Crippen molar-refractivity contribution in [3.63, 3.8) is 0 Å². The van der Waals surface area contributed by atoms with Gasteiger partial charge in [0.15, 0.2) is 0 Å². The lowest BCUT2D eigenvalue weighted by molar-refractivity contribution is -0.131. The summed E-state index contributed by atoms with van der Waals surface area (Å²) in [6, 6.07) is 3.05. The van der Waals surface area contributed by atoms with E-state index in [0.29, 0.717) is 0 Å². The number of aryl methyl sites for hydroxylation is 2. The Bertz CT molecular complexity index is 421. The summed E-state index contributed by atoms with van der Waals surface area (Å²) in [5.41, 5.74) is 1.74. The highest BCUT2D eigenvalue weighted by molar-refractivity contribution is 5.92. The molecule has 1 N–H and O–H groups in total. The standard InChI is InChI=1S/C11H12O4/c1-6-4-9(11(13)14)10(5-7(6)2)15-8(3)12/h4-5H,1-3H3,(H,13,14). The van der Waals surface area contributed by atoms with Gasteiger partial charge in [0.05, 0.1) is 0 Å². The minimum absolute atomic E-state index is 0.00769. The summed E-state index contributed by atoms with van der Waals surface area (Å²) >= 11 is 0. The summed E-state index contributed by atoms with van der Waals surface area (Å²) in [4.78, 5) is 21.6. The minimum atomic E-state index is -1.10. The molecule has 0 atom stereocenters. The van der Waals surface area contributed by atoms with Crippen LogP contribution in [0.25, 0.3) is 0 Å². The van der Waals surface area contributed by atoms with E-state index in [1.807, 2.05) is 6.92 Å². The fourth-order valence-electron chi connectivity index (χ4n) is 1.20. The van der Waals surface area contributed by atoms with Crippen molar-refractivity contribution in [2.24, 2.45) is 0 Å². The molecule has 1 rings (SSSR count). The predicted octanol–water partition coefficient (Wildman–Crippen LogP) is 1.93. The van der Waals surface area contributed by atoms with Crippen molar-refractivity contribution in [3.8, 4) is 5.75 Å². The SMILES string of the molecule is CC(=O)Oc1cc(C)c(C)cc1C(=O)O. The van der Waals surface area contributed by atoms with E-state index in [1.165, 1.54) is 13.0 Å². The number of ether oxygens (including phenoxy) is 1. The van der Waals surface area contributed by atoms with Gasteiger partial charge in [-0.1, -0.05) is 0 Å². The van der Waals surface area contributed by atoms with E-state index in [0.717, 1.165) is 11.1 Å². The first-order valence-electron chi connectivity index (χ1n) is 4.44. The molecule has 1 aromatic carbocycles. The van der Waals surface area contributed by atoms with Gasteiger partial charge in [0.25, 0.3) is 0 Å². The highest BCUT2D eigenvalue weighted by Gasteiger charge is 2.14. The van der Waals surface area contributed by atoms with Crippen molar-refractivity contribution in [1.29, 1.82) is 0 Å². The van der Waals surface area contributed by atoms with Crippen molar-refractivity contribution in [1.82, 2.24) is 0 Å². The van der Waals surface area contributed by atoms with Crippen LogP contribution in [0, 0.1) is 13.8 Å². The van der Waals surface area contributed by atoms with Gasteiger partial charge < -0.3 is 9.84 Å². The monoisotopic (exact) mass is 208 g/mol. The molecule has 0 spiro atoms. The van der Waals surface area contributed by atoms with E-state index < -0.39 is 11.9 Å². The third-order valence-corrected chi connectivity index (χ3v) is 2.08. The molecule has 4 heteroatoms. The summed E-state index contributed by atoms with van der Waals surface area (Å²) in [7, 11) is 0. The van der Waals surface area contributed by atoms with Gasteiger partial charge >= 0.3 is 11.9 Å². The Kier molecular flexibility index (Phi) is 3.09. The van der Waals surface area contributed by atoms with Crippen LogP contribution >= 0.6 is 0 Å². The third-order valence-electron chi connectivity index (χ3n) is 2.08. The van der Waals surface area contributed by atoms with Crippen molar-refractivity contribution in [2.75, 3.05) is 0 Å². The van der Waals surface area contributed by atoms with Crippen LogP contribution < -0.4 is 4.74 Å². The first-order valence-corrected chi connectivity index (χ1v) is 4.44. The Morgan fingerprint density at radius 1 is 1.20 bits per heavy atom. The van der Waals surface area contributed by atoms with E-state index in [4.69, 9.17) is 9.84 Å². The van der Waals surface area contributed by atoms with Crippen molar-refractivity contribution < 1.29 is 19.4 Å². The molecule has 1 aromatic rings. The largest absolute Gasteiger partial charge is 0.478 e. The number of carbonyl (C=O) groups is 2. The van der Waals surface area contributed by atoms with Gasteiger partial charge in [0.2, 0.25) is 0 Å². The molecule has 15 heavy (non-hydrogen) atoms. The second-order valence-corrected chi connectivity index (χ2v) is 3.33. The van der Waals surface area contributed by atoms with E-state index in [1.54, 1.807) is 13.0 Å². The maximum Gasteiger partial charge on any atom is 0.339 e. The molecule has 0 aliphatic heterocycles. The van der Waals surface area contributed by atoms with Crippen LogP contribution in [0.15, 0.2) is 12.1 Å². The fraction of sp³-hybridized carbons (Fsp3) is 0.273. The number of esters is 1. The Morgan fingerprint density at radius 3 is 2.20 bits per heavy atom. The Balaban J connectivity index is 3.28. The zero-order valence-electron chi connectivity index (χ0n) is 8.83. The van der Waals surface area contributed by atoms with Crippen molar-refractivity contribution in [3.05, 3.63) is 28.8 Å². The number of carboxylic acid groups (broad SMARTS) is 1. The summed E-state index contributed by atoms with van der Waals surface area (Å²) in [6.45, 7) is 4.87. The third kappa shape index (κ3) is 2.56. The minimum Gasteiger partial charge on any atom is -0.478 e. The number of aromatic carboxylic acids is 1. The zero-order valence-corrected chi connectivity index (χ0v) is 8.83. The Morgan fingerprint density at radius 2 is 1.73 bits per heavy atom. The molecule has 0 aliphatic rings. The van der Waals surface area contributed by atoms with Crippen LogP contribution in [-0.2, 0) is 4.79 Å². The highest BCUT2D eigenvalue weighted by atomic mass is 16.5. The Labute approximate surface area is 87.5 Å². The number of benzene rings is 1. The molecule has 80 valence electrons. The highest BCUT2D eigenvalue weighted by Crippen LogP contribution is 2.23. The molecule has 0 bridgehead atoms. The van der Waals surface area contributed by atoms with Gasteiger partial charge in [-0.2, -0.15) is 0 Å². The van der Waals surface area contributed by atoms with Gasteiger partial charge in [-0.3, -0.25) is 4.79 Å². The van der Waals surface area contributed by atoms with Crippen LogP contribution in [0.2, 0.25) is 0 Å². The van der Waals surface area contributed by atoms with Gasteiger partial charge in [-0.05, 0) is 37.1 Å². The van der Waals surface area contributed by atoms with Crippen molar-refractivity contribution >= 4 is 11.9 Å². The quantitative estimate of drug-likeness (QED) is 0.595. The summed E-state index contributed by atoms with van der Waals surface area (Å²) in [5.74, 6) is -1.53. The number of carboxylic acids is 1. The molecule has 0 fully saturated rings. The number of hydrogen-bond acceptors (Lipinski definition) is 3. The first-order chi connectivity index (χ1) is 6.91. The second kappa shape index (κ2) is 4.13. The molecule has 0 saturated heterocycles. The molecule has 4 nitrogen and oxygen atoms in total. The second-order valence-electron chi connectivity index (χ2n) is 3.33. The summed E-state index contributed by atoms with van der Waals surface area (Å²) < 4.78 is 4.82. The van der Waals surface area contributed by atoms with Crippen LogP contribution in [0.5, 0.6) is 5.75 Å². The van der Waals surface area contributed by atoms with Gasteiger partial charge in [0.1, 0.15) is 11.3 Å². The smallest absolute Gasteiger partial charge is 0.339 e. The van der Waals surface area contributed by atoms with E-state index in [2.05, 4.69) is 0 Å². The molecule has 0 unspecified atom stereocenters.